The maximum absolute atomic E-state index is 14.1. The van der Waals surface area contributed by atoms with E-state index in [9.17, 15) is 4.79 Å². The summed E-state index contributed by atoms with van der Waals surface area (Å²) in [5.74, 6) is 0.236. The molecule has 0 aromatic heterocycles. The molecule has 2 nitrogen and oxygen atoms in total. The first kappa shape index (κ1) is 37.3. The monoisotopic (exact) mass is 758 g/mol. The molecule has 4 heteroatoms. The molecule has 0 radical (unpaired) electrons. The number of methoxy groups -OCH3 is 1. The van der Waals surface area contributed by atoms with Crippen molar-refractivity contribution in [2.45, 2.75) is 154 Å². The summed E-state index contributed by atoms with van der Waals surface area (Å²) in [6.45, 7) is 14.4. The zero-order valence-corrected chi connectivity index (χ0v) is 33.0. The molecule has 0 saturated heterocycles. The van der Waals surface area contributed by atoms with Crippen LogP contribution in [0.5, 0.6) is 0 Å². The van der Waals surface area contributed by atoms with Crippen molar-refractivity contribution >= 4 is 42.7 Å². The normalized spacial score (nSPS) is 13.1. The summed E-state index contributed by atoms with van der Waals surface area (Å²) in [4.78, 5) is 14.1. The summed E-state index contributed by atoms with van der Waals surface area (Å²) >= 11 is -5.66. The average Bonchev–Trinajstić information content (AvgIpc) is 2.97. The first-order valence-electron chi connectivity index (χ1n) is 17.1. The van der Waals surface area contributed by atoms with Crippen LogP contribution in [0.15, 0.2) is 30.3 Å². The van der Waals surface area contributed by atoms with Gasteiger partial charge >= 0.3 is 255 Å². The molecule has 0 aliphatic rings. The number of carbonyl (C=O) groups excluding carboxylic acids is 1. The van der Waals surface area contributed by atoms with E-state index in [0.717, 1.165) is 8.37 Å². The Morgan fingerprint density at radius 1 is 0.615 bits per heavy atom. The topological polar surface area (TPSA) is 26.3 Å². The Bertz CT molecular complexity index is 660. The number of unbranched alkanes of at least 4 members (excludes halogenated alkanes) is 6. The molecule has 0 saturated carbocycles. The Morgan fingerprint density at radius 2 is 0.949 bits per heavy atom. The second-order valence-corrected chi connectivity index (χ2v) is 45.0. The van der Waals surface area contributed by atoms with Crippen LogP contribution in [0, 0.1) is 5.92 Å². The number of rotatable bonds is 24. The van der Waals surface area contributed by atoms with Gasteiger partial charge in [0.1, 0.15) is 0 Å². The van der Waals surface area contributed by atoms with Crippen LogP contribution in [0.1, 0.15) is 124 Å². The van der Waals surface area contributed by atoms with E-state index in [1.165, 1.54) is 109 Å². The van der Waals surface area contributed by atoms with Gasteiger partial charge < -0.3 is 0 Å². The predicted octanol–water partition coefficient (Wildman–Crippen LogP) is 11.6. The molecule has 0 heterocycles. The molecule has 0 bridgehead atoms. The molecule has 1 unspecified atom stereocenters. The zero-order valence-electron chi connectivity index (χ0n) is 27.3. The first-order valence-corrected chi connectivity index (χ1v) is 32.5. The minimum absolute atomic E-state index is 0.0973. The van der Waals surface area contributed by atoms with Crippen molar-refractivity contribution in [2.75, 3.05) is 7.11 Å². The number of hydrogen-bond acceptors (Lipinski definition) is 2. The summed E-state index contributed by atoms with van der Waals surface area (Å²) in [6.07, 6.45) is 17.0. The maximum atomic E-state index is 14.1. The van der Waals surface area contributed by atoms with E-state index in [2.05, 4.69) is 71.9 Å². The Morgan fingerprint density at radius 3 is 1.23 bits per heavy atom. The average molecular weight is 756 g/mol. The fourth-order valence-corrected chi connectivity index (χ4v) is 86.9. The van der Waals surface area contributed by atoms with Crippen LogP contribution >= 0.6 is 0 Å². The third-order valence-electron chi connectivity index (χ3n) is 9.69. The fourth-order valence-electron chi connectivity index (χ4n) is 7.72. The van der Waals surface area contributed by atoms with E-state index < -0.39 is 36.8 Å². The second-order valence-electron chi connectivity index (χ2n) is 12.6. The summed E-state index contributed by atoms with van der Waals surface area (Å²) in [6, 6.07) is 11.0. The third kappa shape index (κ3) is 12.2. The molecule has 0 fully saturated rings. The van der Waals surface area contributed by atoms with Gasteiger partial charge in [0.25, 0.3) is 0 Å². The Kier molecular flexibility index (Phi) is 21.0. The number of esters is 1. The van der Waals surface area contributed by atoms with E-state index in [-0.39, 0.29) is 11.9 Å². The van der Waals surface area contributed by atoms with Crippen LogP contribution in [0.3, 0.4) is 0 Å². The van der Waals surface area contributed by atoms with Crippen LogP contribution in [0.4, 0.5) is 0 Å². The zero-order chi connectivity index (χ0) is 29.0. The first-order chi connectivity index (χ1) is 18.9. The van der Waals surface area contributed by atoms with Gasteiger partial charge in [-0.1, -0.05) is 0 Å². The van der Waals surface area contributed by atoms with Crippen molar-refractivity contribution in [3.8, 4) is 0 Å². The Hall–Kier alpha value is 0.287. The van der Waals surface area contributed by atoms with Crippen LogP contribution in [-0.4, -0.2) is 49.8 Å². The quantitative estimate of drug-likeness (QED) is 0.0776. The van der Waals surface area contributed by atoms with E-state index >= 15 is 0 Å². The molecule has 226 valence electrons. The molecular weight excluding hydrogens is 690 g/mol. The van der Waals surface area contributed by atoms with E-state index in [1.54, 1.807) is 7.11 Å². The molecule has 0 aliphatic carbocycles. The van der Waals surface area contributed by atoms with Crippen molar-refractivity contribution in [3.63, 3.8) is 0 Å². The van der Waals surface area contributed by atoms with Crippen molar-refractivity contribution in [1.82, 2.24) is 0 Å². The van der Waals surface area contributed by atoms with Crippen LogP contribution in [-0.2, 0) is 16.0 Å². The van der Waals surface area contributed by atoms with Crippen LogP contribution in [0.2, 0.25) is 28.6 Å². The Balaban J connectivity index is 4.04. The van der Waals surface area contributed by atoms with Gasteiger partial charge in [-0.05, 0) is 0 Å². The molecule has 1 aromatic rings. The fraction of sp³-hybridized carbons (Fsp3) is 0.800. The van der Waals surface area contributed by atoms with Crippen molar-refractivity contribution in [2.24, 2.45) is 5.92 Å². The standard InChI is InChI=1S/C11H12O2.6C4H9.2Sn/c1-9(11(12)13-2)8-10-6-4-3-5-7-10;6*1-3-4-2;;/h1,3-7,9H,8H2,2H3;6*1,3-4H2,2H3;;. The van der Waals surface area contributed by atoms with Gasteiger partial charge in [0.15, 0.2) is 0 Å². The van der Waals surface area contributed by atoms with Gasteiger partial charge in [0.05, 0.1) is 0 Å². The Labute approximate surface area is 253 Å². The van der Waals surface area contributed by atoms with Crippen LogP contribution < -0.4 is 0 Å². The number of benzene rings is 1. The minimum atomic E-state index is -2.83. The second kappa shape index (κ2) is 21.9. The molecule has 1 rings (SSSR count). The SMILES string of the molecule is CCC[CH2][Sn]([CH2]CCC)([CH2]CCC)[CH](C(Cc1ccccc1)C(=O)OC)[Sn]([CH2]CCC)([CH2]CCC)[CH2]CCC. The van der Waals surface area contributed by atoms with Crippen molar-refractivity contribution in [3.05, 3.63) is 35.9 Å². The molecule has 1 atom stereocenters. The molecular formula is C35H66O2Sn2. The van der Waals surface area contributed by atoms with E-state index in [4.69, 9.17) is 4.74 Å². The molecule has 0 aliphatic heterocycles. The van der Waals surface area contributed by atoms with Gasteiger partial charge in [0.2, 0.25) is 0 Å². The number of ether oxygens (including phenoxy) is 1. The van der Waals surface area contributed by atoms with Gasteiger partial charge in [-0.3, -0.25) is 0 Å². The predicted molar refractivity (Wildman–Crippen MR) is 179 cm³/mol. The van der Waals surface area contributed by atoms with Crippen LogP contribution in [0.25, 0.3) is 0 Å². The molecule has 0 N–H and O–H groups in total. The van der Waals surface area contributed by atoms with Gasteiger partial charge in [-0.15, -0.1) is 0 Å². The van der Waals surface area contributed by atoms with E-state index in [1.807, 2.05) is 0 Å². The summed E-state index contributed by atoms with van der Waals surface area (Å²) in [5, 5.41) is 0. The van der Waals surface area contributed by atoms with Crippen molar-refractivity contribution in [1.29, 1.82) is 0 Å². The number of hydrogen-bond donors (Lipinski definition) is 0. The molecule has 0 spiro atoms. The third-order valence-corrected chi connectivity index (χ3v) is 66.1. The van der Waals surface area contributed by atoms with Gasteiger partial charge in [-0.25, -0.2) is 0 Å². The molecule has 1 aromatic carbocycles. The summed E-state index contributed by atoms with van der Waals surface area (Å²) < 4.78 is 15.7. The summed E-state index contributed by atoms with van der Waals surface area (Å²) in [5.41, 5.74) is 1.35. The molecule has 0 amide bonds. The van der Waals surface area contributed by atoms with E-state index in [0.29, 0.717) is 0 Å². The van der Waals surface area contributed by atoms with Gasteiger partial charge in [0, 0.05) is 0 Å². The molecule has 39 heavy (non-hydrogen) atoms. The summed E-state index contributed by atoms with van der Waals surface area (Å²) in [7, 11) is 1.68. The van der Waals surface area contributed by atoms with Crippen molar-refractivity contribution < 1.29 is 9.53 Å². The van der Waals surface area contributed by atoms with Gasteiger partial charge in [-0.2, -0.15) is 0 Å². The number of carbonyl (C=O) groups is 1.